The van der Waals surface area contributed by atoms with Crippen molar-refractivity contribution in [2.24, 2.45) is 0 Å². The lowest BCUT2D eigenvalue weighted by Gasteiger charge is -2.13. The molecule has 0 amide bonds. The maximum absolute atomic E-state index is 11.9. The highest BCUT2D eigenvalue weighted by Crippen LogP contribution is 2.29. The third kappa shape index (κ3) is 4.77. The summed E-state index contributed by atoms with van der Waals surface area (Å²) < 4.78 is 5.17. The Morgan fingerprint density at radius 1 is 1.07 bits per heavy atom. The van der Waals surface area contributed by atoms with Crippen LogP contribution in [0.5, 0.6) is 0 Å². The quantitative estimate of drug-likeness (QED) is 0.688. The summed E-state index contributed by atoms with van der Waals surface area (Å²) in [5, 5.41) is 4.56. The number of anilines is 2. The zero-order valence-electron chi connectivity index (χ0n) is 16.1. The van der Waals surface area contributed by atoms with Crippen molar-refractivity contribution in [1.82, 2.24) is 4.98 Å². The van der Waals surface area contributed by atoms with Crippen LogP contribution in [0.3, 0.4) is 0 Å². The van der Waals surface area contributed by atoms with E-state index in [0.717, 1.165) is 34.4 Å². The van der Waals surface area contributed by atoms with E-state index >= 15 is 0 Å². The number of hydrogen-bond donors (Lipinski definition) is 1. The Morgan fingerprint density at radius 3 is 2.44 bits per heavy atom. The van der Waals surface area contributed by atoms with Crippen molar-refractivity contribution in [3.05, 3.63) is 64.8 Å². The maximum atomic E-state index is 11.9. The van der Waals surface area contributed by atoms with Crippen molar-refractivity contribution in [1.29, 1.82) is 0 Å². The number of aryl methyl sites for hydroxylation is 3. The highest BCUT2D eigenvalue weighted by atomic mass is 35.5. The molecule has 0 aliphatic carbocycles. The van der Waals surface area contributed by atoms with Gasteiger partial charge in [-0.3, -0.25) is 4.98 Å². The second kappa shape index (κ2) is 8.87. The average Bonchev–Trinajstić information content (AvgIpc) is 2.61. The summed E-state index contributed by atoms with van der Waals surface area (Å²) in [7, 11) is 0. The normalized spacial score (nSPS) is 10.4. The second-order valence-corrected chi connectivity index (χ2v) is 6.63. The molecule has 0 unspecified atom stereocenters. The number of carbonyl (C=O) groups is 1. The lowest BCUT2D eigenvalue weighted by Crippen LogP contribution is -3.00. The molecule has 0 spiro atoms. The van der Waals surface area contributed by atoms with Crippen LogP contribution in [0.25, 0.3) is 10.9 Å². The van der Waals surface area contributed by atoms with Gasteiger partial charge < -0.3 is 22.5 Å². The number of nitrogens with one attached hydrogen (secondary N) is 1. The number of aromatic nitrogens is 1. The number of rotatable bonds is 5. The minimum atomic E-state index is -0.283. The summed E-state index contributed by atoms with van der Waals surface area (Å²) in [5.41, 5.74) is 6.85. The van der Waals surface area contributed by atoms with E-state index in [0.29, 0.717) is 12.2 Å². The maximum Gasteiger partial charge on any atom is 0.338 e. The topological polar surface area (TPSA) is 51.2 Å². The molecule has 1 heterocycles. The van der Waals surface area contributed by atoms with Gasteiger partial charge in [0.1, 0.15) is 0 Å². The van der Waals surface area contributed by atoms with Crippen LogP contribution in [-0.2, 0) is 4.74 Å². The molecule has 27 heavy (non-hydrogen) atoms. The zero-order chi connectivity index (χ0) is 18.7. The number of fused-ring (bicyclic) bond motifs is 1. The number of hydrogen-bond acceptors (Lipinski definition) is 4. The van der Waals surface area contributed by atoms with E-state index in [4.69, 9.17) is 4.74 Å². The van der Waals surface area contributed by atoms with Crippen LogP contribution in [-0.4, -0.2) is 17.6 Å². The van der Waals surface area contributed by atoms with E-state index < -0.39 is 0 Å². The van der Waals surface area contributed by atoms with Crippen LogP contribution in [0, 0.1) is 20.8 Å². The fourth-order valence-electron chi connectivity index (χ4n) is 3.04. The average molecular weight is 384 g/mol. The number of esters is 1. The van der Waals surface area contributed by atoms with Gasteiger partial charge in [0.05, 0.1) is 17.7 Å². The van der Waals surface area contributed by atoms with Crippen molar-refractivity contribution < 1.29 is 21.9 Å². The van der Waals surface area contributed by atoms with Crippen molar-refractivity contribution in [3.8, 4) is 0 Å². The van der Waals surface area contributed by atoms with Gasteiger partial charge >= 0.3 is 5.97 Å². The Balaban J connectivity index is 0.00000261. The second-order valence-electron chi connectivity index (χ2n) is 6.63. The van der Waals surface area contributed by atoms with Gasteiger partial charge in [0.15, 0.2) is 0 Å². The fraction of sp³-hybridized carbons (Fsp3) is 0.273. The van der Waals surface area contributed by atoms with Crippen LogP contribution in [0.4, 0.5) is 11.4 Å². The Labute approximate surface area is 166 Å². The molecule has 2 aromatic carbocycles. The van der Waals surface area contributed by atoms with Crippen LogP contribution in [0.1, 0.15) is 40.5 Å². The summed E-state index contributed by atoms with van der Waals surface area (Å²) in [4.78, 5) is 16.6. The number of benzene rings is 2. The minimum Gasteiger partial charge on any atom is -1.00 e. The highest BCUT2D eigenvalue weighted by Gasteiger charge is 2.09. The number of carbonyl (C=O) groups excluding carboxylic acids is 1. The van der Waals surface area contributed by atoms with E-state index in [1.165, 1.54) is 11.1 Å². The molecular weight excluding hydrogens is 360 g/mol. The predicted octanol–water partition coefficient (Wildman–Crippen LogP) is 2.47. The summed E-state index contributed by atoms with van der Waals surface area (Å²) in [6.45, 7) is 8.59. The molecule has 0 radical (unpaired) electrons. The monoisotopic (exact) mass is 383 g/mol. The molecule has 0 fully saturated rings. The van der Waals surface area contributed by atoms with Crippen molar-refractivity contribution in [2.45, 2.75) is 34.1 Å². The molecule has 5 heteroatoms. The lowest BCUT2D eigenvalue weighted by atomic mass is 10.0. The van der Waals surface area contributed by atoms with Crippen LogP contribution < -0.4 is 17.7 Å². The number of ether oxygens (including phenoxy) is 1. The molecule has 3 aromatic rings. The Kier molecular flexibility index (Phi) is 6.81. The molecule has 0 bridgehead atoms. The summed E-state index contributed by atoms with van der Waals surface area (Å²) in [6.07, 6.45) is 0.818. The smallest absolute Gasteiger partial charge is 0.338 e. The van der Waals surface area contributed by atoms with Crippen LogP contribution in [0.2, 0.25) is 0 Å². The molecule has 1 aromatic heterocycles. The molecule has 4 nitrogen and oxygen atoms in total. The van der Waals surface area contributed by atoms with Crippen molar-refractivity contribution in [2.75, 3.05) is 11.9 Å². The number of nitrogens with zero attached hydrogens (tertiary/aromatic N) is 1. The summed E-state index contributed by atoms with van der Waals surface area (Å²) >= 11 is 0. The predicted molar refractivity (Wildman–Crippen MR) is 106 cm³/mol. The van der Waals surface area contributed by atoms with Gasteiger partial charge in [-0.2, -0.15) is 0 Å². The molecule has 0 atom stereocenters. The van der Waals surface area contributed by atoms with Gasteiger partial charge in [0.2, 0.25) is 0 Å². The van der Waals surface area contributed by atoms with Gasteiger partial charge in [0.25, 0.3) is 0 Å². The van der Waals surface area contributed by atoms with E-state index in [1.807, 2.05) is 32.0 Å². The van der Waals surface area contributed by atoms with Gasteiger partial charge in [-0.05, 0) is 69.2 Å². The SMILES string of the molecule is CCCOC(=O)c1ccc(Nc2cc(C)nc3c(C)cc(C)cc23)cc1.[Cl-]. The van der Waals surface area contributed by atoms with Gasteiger partial charge in [-0.15, -0.1) is 0 Å². The summed E-state index contributed by atoms with van der Waals surface area (Å²) in [6, 6.07) is 13.7. The molecule has 3 rings (SSSR count). The van der Waals surface area contributed by atoms with Crippen LogP contribution >= 0.6 is 0 Å². The third-order valence-corrected chi connectivity index (χ3v) is 4.21. The lowest BCUT2D eigenvalue weighted by molar-refractivity contribution is -0.0000234. The Bertz CT molecular complexity index is 953. The van der Waals surface area contributed by atoms with Crippen molar-refractivity contribution in [3.63, 3.8) is 0 Å². The molecule has 142 valence electrons. The van der Waals surface area contributed by atoms with E-state index in [2.05, 4.69) is 36.3 Å². The first-order valence-corrected chi connectivity index (χ1v) is 8.90. The van der Waals surface area contributed by atoms with Gasteiger partial charge in [-0.25, -0.2) is 4.79 Å². The molecule has 1 N–H and O–H groups in total. The molecular formula is C22H24ClN2O2-. The van der Waals surface area contributed by atoms with E-state index in [9.17, 15) is 4.79 Å². The Morgan fingerprint density at radius 2 is 1.78 bits per heavy atom. The molecule has 0 aliphatic rings. The first-order valence-electron chi connectivity index (χ1n) is 8.90. The van der Waals surface area contributed by atoms with Crippen LogP contribution in [0.15, 0.2) is 42.5 Å². The van der Waals surface area contributed by atoms with Crippen molar-refractivity contribution >= 4 is 28.2 Å². The van der Waals surface area contributed by atoms with E-state index in [1.54, 1.807) is 12.1 Å². The standard InChI is InChI=1S/C22H24N2O2.ClH/c1-5-10-26-22(25)17-6-8-18(9-7-17)24-20-13-16(4)23-21-15(3)11-14(2)12-19(20)21;/h6-9,11-13H,5,10H2,1-4H3,(H,23,24);1H/p-1. The fourth-order valence-corrected chi connectivity index (χ4v) is 3.04. The first kappa shape index (κ1) is 20.7. The first-order chi connectivity index (χ1) is 12.5. The summed E-state index contributed by atoms with van der Waals surface area (Å²) in [5.74, 6) is -0.283. The minimum absolute atomic E-state index is 0. The molecule has 0 saturated carbocycles. The molecule has 0 aliphatic heterocycles. The number of pyridine rings is 1. The largest absolute Gasteiger partial charge is 1.00 e. The number of halogens is 1. The van der Waals surface area contributed by atoms with Gasteiger partial charge in [-0.1, -0.05) is 18.6 Å². The molecule has 0 saturated heterocycles. The third-order valence-electron chi connectivity index (χ3n) is 4.21. The zero-order valence-corrected chi connectivity index (χ0v) is 16.9. The highest BCUT2D eigenvalue weighted by molar-refractivity contribution is 5.96. The van der Waals surface area contributed by atoms with E-state index in [-0.39, 0.29) is 18.4 Å². The van der Waals surface area contributed by atoms with Gasteiger partial charge in [0, 0.05) is 22.5 Å². The Hall–Kier alpha value is -2.59.